The zero-order valence-corrected chi connectivity index (χ0v) is 12.1. The number of alkyl halides is 3. The van der Waals surface area contributed by atoms with Crippen molar-refractivity contribution in [2.24, 2.45) is 0 Å². The topological polar surface area (TPSA) is 12.0 Å². The van der Waals surface area contributed by atoms with Gasteiger partial charge in [0.05, 0.1) is 5.56 Å². The fourth-order valence-electron chi connectivity index (χ4n) is 2.07. The summed E-state index contributed by atoms with van der Waals surface area (Å²) in [5.74, 6) is 4.39. The fourth-order valence-corrected chi connectivity index (χ4v) is 2.07. The maximum absolute atomic E-state index is 14.2. The maximum atomic E-state index is 14.2. The van der Waals surface area contributed by atoms with Crippen molar-refractivity contribution in [3.8, 4) is 11.8 Å². The normalized spacial score (nSPS) is 12.7. The van der Waals surface area contributed by atoms with Crippen LogP contribution in [-0.2, 0) is 6.18 Å². The van der Waals surface area contributed by atoms with Crippen LogP contribution in [0.1, 0.15) is 50.3 Å². The van der Waals surface area contributed by atoms with Crippen LogP contribution < -0.4 is 5.32 Å². The Labute approximate surface area is 122 Å². The van der Waals surface area contributed by atoms with Gasteiger partial charge in [-0.25, -0.2) is 4.39 Å². The molecular formula is C16H19F4N. The van der Waals surface area contributed by atoms with E-state index in [4.69, 9.17) is 0 Å². The number of halogens is 4. The van der Waals surface area contributed by atoms with Crippen molar-refractivity contribution in [2.75, 3.05) is 6.54 Å². The van der Waals surface area contributed by atoms with E-state index in [1.165, 1.54) is 12.1 Å². The molecule has 116 valence electrons. The lowest BCUT2D eigenvalue weighted by atomic mass is 9.98. The highest BCUT2D eigenvalue weighted by molar-refractivity contribution is 5.30. The Kier molecular flexibility index (Phi) is 6.70. The first kappa shape index (κ1) is 17.5. The van der Waals surface area contributed by atoms with Crippen LogP contribution >= 0.6 is 0 Å². The second-order valence-electron chi connectivity index (χ2n) is 4.68. The summed E-state index contributed by atoms with van der Waals surface area (Å²) in [6, 6.07) is 2.94. The summed E-state index contributed by atoms with van der Waals surface area (Å²) < 4.78 is 52.5. The van der Waals surface area contributed by atoms with E-state index >= 15 is 0 Å². The molecule has 1 unspecified atom stereocenters. The third kappa shape index (κ3) is 5.05. The molecule has 21 heavy (non-hydrogen) atoms. The molecule has 0 aliphatic heterocycles. The van der Waals surface area contributed by atoms with Gasteiger partial charge in [-0.15, -0.1) is 11.8 Å². The van der Waals surface area contributed by atoms with E-state index in [2.05, 4.69) is 17.2 Å². The maximum Gasteiger partial charge on any atom is 0.419 e. The van der Waals surface area contributed by atoms with E-state index in [-0.39, 0.29) is 5.56 Å². The Morgan fingerprint density at radius 2 is 2.00 bits per heavy atom. The Balaban J connectivity index is 3.07. The Hall–Kier alpha value is -1.54. The lowest BCUT2D eigenvalue weighted by Gasteiger charge is -2.20. The van der Waals surface area contributed by atoms with Crippen molar-refractivity contribution in [1.29, 1.82) is 0 Å². The Morgan fingerprint density at radius 1 is 1.29 bits per heavy atom. The minimum atomic E-state index is -4.68. The number of rotatable bonds is 6. The first-order chi connectivity index (χ1) is 9.91. The second-order valence-corrected chi connectivity index (χ2v) is 4.68. The monoisotopic (exact) mass is 301 g/mol. The molecule has 0 aliphatic rings. The van der Waals surface area contributed by atoms with Crippen LogP contribution in [0.25, 0.3) is 0 Å². The first-order valence-corrected chi connectivity index (χ1v) is 6.90. The smallest absolute Gasteiger partial charge is 0.310 e. The third-order valence-electron chi connectivity index (χ3n) is 3.08. The molecule has 0 heterocycles. The van der Waals surface area contributed by atoms with Crippen LogP contribution in [0.3, 0.4) is 0 Å². The van der Waals surface area contributed by atoms with E-state index in [1.807, 2.05) is 6.92 Å². The van der Waals surface area contributed by atoms with E-state index in [1.54, 1.807) is 6.92 Å². The summed E-state index contributed by atoms with van der Waals surface area (Å²) in [7, 11) is 0. The van der Waals surface area contributed by atoms with Gasteiger partial charge in [0.1, 0.15) is 5.82 Å². The van der Waals surface area contributed by atoms with Crippen LogP contribution in [-0.4, -0.2) is 6.54 Å². The van der Waals surface area contributed by atoms with Gasteiger partial charge in [0.2, 0.25) is 0 Å². The predicted octanol–water partition coefficient (Wildman–Crippen LogP) is 4.69. The quantitative estimate of drug-likeness (QED) is 0.594. The molecule has 0 amide bonds. The van der Waals surface area contributed by atoms with E-state index in [0.29, 0.717) is 19.4 Å². The van der Waals surface area contributed by atoms with E-state index in [0.717, 1.165) is 12.5 Å². The van der Waals surface area contributed by atoms with Gasteiger partial charge in [-0.1, -0.05) is 19.1 Å². The highest BCUT2D eigenvalue weighted by Crippen LogP contribution is 2.34. The summed E-state index contributed by atoms with van der Waals surface area (Å²) in [6.07, 6.45) is -2.89. The SMILES string of the molecule is CC#CCCC(NCCC)c1cccc(C(F)(F)F)c1F. The molecule has 1 aromatic carbocycles. The first-order valence-electron chi connectivity index (χ1n) is 6.90. The fraction of sp³-hybridized carbons (Fsp3) is 0.500. The van der Waals surface area contributed by atoms with E-state index in [9.17, 15) is 17.6 Å². The van der Waals surface area contributed by atoms with Crippen LogP contribution in [0.5, 0.6) is 0 Å². The van der Waals surface area contributed by atoms with Crippen molar-refractivity contribution < 1.29 is 17.6 Å². The molecule has 0 spiro atoms. The standard InChI is InChI=1S/C16H19F4N/c1-3-5-6-10-14(21-11-4-2)12-8-7-9-13(15(12)17)16(18,19)20/h7-9,14,21H,4,6,10-11H2,1-2H3. The van der Waals surface area contributed by atoms with Crippen LogP contribution in [0.15, 0.2) is 18.2 Å². The van der Waals surface area contributed by atoms with Crippen molar-refractivity contribution in [1.82, 2.24) is 5.32 Å². The molecule has 0 saturated heterocycles. The molecule has 1 N–H and O–H groups in total. The number of hydrogen-bond acceptors (Lipinski definition) is 1. The molecule has 1 aromatic rings. The van der Waals surface area contributed by atoms with Gasteiger partial charge in [0, 0.05) is 18.0 Å². The minimum absolute atomic E-state index is 0.0520. The summed E-state index contributed by atoms with van der Waals surface area (Å²) >= 11 is 0. The van der Waals surface area contributed by atoms with Gasteiger partial charge in [-0.05, 0) is 32.4 Å². The summed E-state index contributed by atoms with van der Waals surface area (Å²) in [6.45, 7) is 4.25. The molecule has 0 fully saturated rings. The molecule has 0 bridgehead atoms. The average molecular weight is 301 g/mol. The van der Waals surface area contributed by atoms with Gasteiger partial charge in [-0.2, -0.15) is 13.2 Å². The van der Waals surface area contributed by atoms with Gasteiger partial charge in [0.25, 0.3) is 0 Å². The summed E-state index contributed by atoms with van der Waals surface area (Å²) in [5, 5.41) is 3.09. The molecule has 5 heteroatoms. The highest BCUT2D eigenvalue weighted by Gasteiger charge is 2.35. The zero-order valence-electron chi connectivity index (χ0n) is 12.1. The van der Waals surface area contributed by atoms with Gasteiger partial charge in [0.15, 0.2) is 0 Å². The number of benzene rings is 1. The lowest BCUT2D eigenvalue weighted by molar-refractivity contribution is -0.140. The summed E-state index contributed by atoms with van der Waals surface area (Å²) in [4.78, 5) is 0. The van der Waals surface area contributed by atoms with Gasteiger partial charge < -0.3 is 5.32 Å². The highest BCUT2D eigenvalue weighted by atomic mass is 19.4. The van der Waals surface area contributed by atoms with Crippen molar-refractivity contribution in [3.05, 3.63) is 35.1 Å². The lowest BCUT2D eigenvalue weighted by Crippen LogP contribution is -2.24. The molecular weight excluding hydrogens is 282 g/mol. The molecule has 0 aliphatic carbocycles. The molecule has 1 atom stereocenters. The zero-order chi connectivity index (χ0) is 15.9. The molecule has 0 aromatic heterocycles. The molecule has 0 radical (unpaired) electrons. The summed E-state index contributed by atoms with van der Waals surface area (Å²) in [5.41, 5.74) is -1.17. The molecule has 1 nitrogen and oxygen atoms in total. The van der Waals surface area contributed by atoms with Gasteiger partial charge >= 0.3 is 6.18 Å². The molecule has 0 saturated carbocycles. The predicted molar refractivity (Wildman–Crippen MR) is 75.1 cm³/mol. The average Bonchev–Trinajstić information content (AvgIpc) is 2.42. The van der Waals surface area contributed by atoms with Gasteiger partial charge in [-0.3, -0.25) is 0 Å². The molecule has 1 rings (SSSR count). The van der Waals surface area contributed by atoms with Crippen LogP contribution in [0, 0.1) is 17.7 Å². The largest absolute Gasteiger partial charge is 0.419 e. The third-order valence-corrected chi connectivity index (χ3v) is 3.08. The van der Waals surface area contributed by atoms with Crippen LogP contribution in [0.2, 0.25) is 0 Å². The van der Waals surface area contributed by atoms with E-state index < -0.39 is 23.6 Å². The van der Waals surface area contributed by atoms with Crippen molar-refractivity contribution in [3.63, 3.8) is 0 Å². The Bertz CT molecular complexity index is 511. The second kappa shape index (κ2) is 8.04. The number of hydrogen-bond donors (Lipinski definition) is 1. The van der Waals surface area contributed by atoms with Crippen molar-refractivity contribution in [2.45, 2.75) is 45.3 Å². The minimum Gasteiger partial charge on any atom is -0.310 e. The van der Waals surface area contributed by atoms with Crippen molar-refractivity contribution >= 4 is 0 Å². The van der Waals surface area contributed by atoms with Crippen LogP contribution in [0.4, 0.5) is 17.6 Å². The number of nitrogens with one attached hydrogen (secondary N) is 1. The Morgan fingerprint density at radius 3 is 2.57 bits per heavy atom.